The van der Waals surface area contributed by atoms with E-state index in [0.29, 0.717) is 18.3 Å². The van der Waals surface area contributed by atoms with E-state index in [-0.39, 0.29) is 0 Å². The third-order valence-corrected chi connectivity index (χ3v) is 2.67. The summed E-state index contributed by atoms with van der Waals surface area (Å²) in [6.07, 6.45) is 6.72. The van der Waals surface area contributed by atoms with Gasteiger partial charge in [-0.05, 0) is 0 Å². The van der Waals surface area contributed by atoms with Crippen molar-refractivity contribution >= 4 is 5.52 Å². The van der Waals surface area contributed by atoms with Gasteiger partial charge < -0.3 is 15.0 Å². The van der Waals surface area contributed by atoms with Gasteiger partial charge in [0.2, 0.25) is 0 Å². The molecule has 1 atom stereocenters. The summed E-state index contributed by atoms with van der Waals surface area (Å²) >= 11 is 0. The average molecular weight is 260 g/mol. The average Bonchev–Trinajstić information content (AvgIpc) is 3.05. The minimum absolute atomic E-state index is 0.329. The first-order valence-electron chi connectivity index (χ1n) is 5.65. The quantitative estimate of drug-likeness (QED) is 0.725. The standard InChI is InChI=1S/C11H12N6O2/c1-18-6-8(12)10-15-11(19-16-10)7-4-14-17-3-2-13-5-9(7)17/h2-5,8H,6,12H2,1H3. The van der Waals surface area contributed by atoms with Gasteiger partial charge in [0, 0.05) is 19.5 Å². The zero-order valence-corrected chi connectivity index (χ0v) is 10.2. The first-order valence-corrected chi connectivity index (χ1v) is 5.65. The third-order valence-electron chi connectivity index (χ3n) is 2.67. The van der Waals surface area contributed by atoms with E-state index in [4.69, 9.17) is 15.0 Å². The molecular formula is C11H12N6O2. The molecule has 0 aliphatic carbocycles. The van der Waals surface area contributed by atoms with Crippen molar-refractivity contribution in [2.45, 2.75) is 6.04 Å². The predicted octanol–water partition coefficient (Wildman–Crippen LogP) is 0.425. The van der Waals surface area contributed by atoms with Crippen LogP contribution in [0.4, 0.5) is 0 Å². The molecule has 0 spiro atoms. The van der Waals surface area contributed by atoms with Crippen LogP contribution in [0.25, 0.3) is 17.0 Å². The summed E-state index contributed by atoms with van der Waals surface area (Å²) in [6, 6.07) is -0.414. The fourth-order valence-corrected chi connectivity index (χ4v) is 1.75. The van der Waals surface area contributed by atoms with Crippen molar-refractivity contribution < 1.29 is 9.26 Å². The van der Waals surface area contributed by atoms with Crippen molar-refractivity contribution in [2.24, 2.45) is 5.73 Å². The van der Waals surface area contributed by atoms with Gasteiger partial charge >= 0.3 is 0 Å². The van der Waals surface area contributed by atoms with E-state index in [9.17, 15) is 0 Å². The lowest BCUT2D eigenvalue weighted by atomic mass is 10.3. The van der Waals surface area contributed by atoms with Crippen molar-refractivity contribution in [2.75, 3.05) is 13.7 Å². The largest absolute Gasteiger partial charge is 0.383 e. The number of aromatic nitrogens is 5. The van der Waals surface area contributed by atoms with Gasteiger partial charge in [0.05, 0.1) is 36.1 Å². The summed E-state index contributed by atoms with van der Waals surface area (Å²) < 4.78 is 11.8. The van der Waals surface area contributed by atoms with Crippen LogP contribution in [-0.4, -0.2) is 38.5 Å². The SMILES string of the molecule is COCC(N)c1noc(-c2cnn3ccncc23)n1. The van der Waals surface area contributed by atoms with Gasteiger partial charge in [-0.1, -0.05) is 5.16 Å². The second-order valence-electron chi connectivity index (χ2n) is 3.98. The molecule has 0 aliphatic rings. The number of fused-ring (bicyclic) bond motifs is 1. The van der Waals surface area contributed by atoms with Gasteiger partial charge in [-0.25, -0.2) is 4.52 Å². The number of hydrogen-bond acceptors (Lipinski definition) is 7. The number of rotatable bonds is 4. The van der Waals surface area contributed by atoms with Gasteiger partial charge in [0.15, 0.2) is 5.82 Å². The van der Waals surface area contributed by atoms with Crippen LogP contribution in [0.15, 0.2) is 29.3 Å². The lowest BCUT2D eigenvalue weighted by Gasteiger charge is -2.02. The molecule has 3 aromatic rings. The van der Waals surface area contributed by atoms with Gasteiger partial charge in [0.25, 0.3) is 5.89 Å². The van der Waals surface area contributed by atoms with E-state index >= 15 is 0 Å². The van der Waals surface area contributed by atoms with Gasteiger partial charge in [-0.3, -0.25) is 4.98 Å². The Bertz CT molecular complexity index is 691. The van der Waals surface area contributed by atoms with Gasteiger partial charge in [-0.15, -0.1) is 0 Å². The Morgan fingerprint density at radius 3 is 3.21 bits per heavy atom. The van der Waals surface area contributed by atoms with Crippen LogP contribution >= 0.6 is 0 Å². The Kier molecular flexibility index (Phi) is 2.94. The smallest absolute Gasteiger partial charge is 0.261 e. The summed E-state index contributed by atoms with van der Waals surface area (Å²) in [5.74, 6) is 0.768. The maximum atomic E-state index is 5.84. The van der Waals surface area contributed by atoms with E-state index < -0.39 is 6.04 Å². The molecular weight excluding hydrogens is 248 g/mol. The Hall–Kier alpha value is -2.32. The molecule has 8 nitrogen and oxygen atoms in total. The highest BCUT2D eigenvalue weighted by Crippen LogP contribution is 2.22. The lowest BCUT2D eigenvalue weighted by molar-refractivity contribution is 0.177. The molecule has 3 aromatic heterocycles. The molecule has 98 valence electrons. The number of nitrogens with two attached hydrogens (primary N) is 1. The fourth-order valence-electron chi connectivity index (χ4n) is 1.75. The number of hydrogen-bond donors (Lipinski definition) is 1. The van der Waals surface area contributed by atoms with Crippen molar-refractivity contribution in [3.05, 3.63) is 30.6 Å². The second-order valence-corrected chi connectivity index (χ2v) is 3.98. The van der Waals surface area contributed by atoms with Crippen LogP contribution < -0.4 is 5.73 Å². The fraction of sp³-hybridized carbons (Fsp3) is 0.273. The highest BCUT2D eigenvalue weighted by molar-refractivity contribution is 5.73. The number of nitrogens with zero attached hydrogens (tertiary/aromatic N) is 5. The summed E-state index contributed by atoms with van der Waals surface area (Å²) in [4.78, 5) is 8.30. The van der Waals surface area contributed by atoms with Gasteiger partial charge in [-0.2, -0.15) is 10.1 Å². The van der Waals surface area contributed by atoms with Crippen molar-refractivity contribution in [1.82, 2.24) is 24.7 Å². The van der Waals surface area contributed by atoms with Crippen LogP contribution in [0.1, 0.15) is 11.9 Å². The number of methoxy groups -OCH3 is 1. The zero-order valence-electron chi connectivity index (χ0n) is 10.2. The maximum absolute atomic E-state index is 5.84. The van der Waals surface area contributed by atoms with Gasteiger partial charge in [0.1, 0.15) is 0 Å². The number of ether oxygens (including phenoxy) is 1. The minimum atomic E-state index is -0.414. The Balaban J connectivity index is 1.98. The van der Waals surface area contributed by atoms with Crippen LogP contribution in [-0.2, 0) is 4.74 Å². The van der Waals surface area contributed by atoms with Crippen LogP contribution in [0.3, 0.4) is 0 Å². The van der Waals surface area contributed by atoms with E-state index in [1.165, 1.54) is 0 Å². The molecule has 0 bridgehead atoms. The molecule has 3 heterocycles. The van der Waals surface area contributed by atoms with E-state index in [0.717, 1.165) is 11.1 Å². The Labute approximate surface area is 108 Å². The van der Waals surface area contributed by atoms with Crippen molar-refractivity contribution in [1.29, 1.82) is 0 Å². The Morgan fingerprint density at radius 1 is 1.47 bits per heavy atom. The molecule has 3 rings (SSSR count). The summed E-state index contributed by atoms with van der Waals surface area (Å²) in [6.45, 7) is 0.329. The summed E-state index contributed by atoms with van der Waals surface area (Å²) in [5, 5.41) is 8.03. The highest BCUT2D eigenvalue weighted by atomic mass is 16.5. The topological polar surface area (TPSA) is 104 Å². The molecule has 0 aliphatic heterocycles. The molecule has 0 fully saturated rings. The van der Waals surface area contributed by atoms with Crippen molar-refractivity contribution in [3.8, 4) is 11.5 Å². The van der Waals surface area contributed by atoms with E-state index in [1.54, 1.807) is 36.4 Å². The first kappa shape index (κ1) is 11.8. The molecule has 2 N–H and O–H groups in total. The monoisotopic (exact) mass is 260 g/mol. The second kappa shape index (κ2) is 4.75. The normalized spacial score (nSPS) is 12.9. The molecule has 1 unspecified atom stereocenters. The molecule has 8 heteroatoms. The van der Waals surface area contributed by atoms with Crippen molar-refractivity contribution in [3.63, 3.8) is 0 Å². The molecule has 0 aromatic carbocycles. The Morgan fingerprint density at radius 2 is 2.37 bits per heavy atom. The predicted molar refractivity (Wildman–Crippen MR) is 65.1 cm³/mol. The maximum Gasteiger partial charge on any atom is 0.261 e. The third kappa shape index (κ3) is 2.07. The molecule has 0 amide bonds. The first-order chi connectivity index (χ1) is 9.29. The highest BCUT2D eigenvalue weighted by Gasteiger charge is 2.17. The van der Waals surface area contributed by atoms with E-state index in [2.05, 4.69) is 20.2 Å². The molecule has 0 saturated heterocycles. The minimum Gasteiger partial charge on any atom is -0.383 e. The van der Waals surface area contributed by atoms with Crippen LogP contribution in [0.5, 0.6) is 0 Å². The summed E-state index contributed by atoms with van der Waals surface area (Å²) in [5.41, 5.74) is 7.35. The molecule has 0 radical (unpaired) electrons. The summed E-state index contributed by atoms with van der Waals surface area (Å²) in [7, 11) is 1.57. The molecule has 0 saturated carbocycles. The lowest BCUT2D eigenvalue weighted by Crippen LogP contribution is -2.17. The zero-order chi connectivity index (χ0) is 13.2. The van der Waals surface area contributed by atoms with E-state index in [1.807, 2.05) is 0 Å². The molecule has 19 heavy (non-hydrogen) atoms. The van der Waals surface area contributed by atoms with Crippen LogP contribution in [0, 0.1) is 0 Å². The van der Waals surface area contributed by atoms with Crippen LogP contribution in [0.2, 0.25) is 0 Å².